The molecule has 0 aliphatic carbocycles. The van der Waals surface area contributed by atoms with E-state index < -0.39 is 0 Å². The summed E-state index contributed by atoms with van der Waals surface area (Å²) >= 11 is 4.92. The maximum Gasteiger partial charge on any atom is 0.265 e. The van der Waals surface area contributed by atoms with E-state index in [0.29, 0.717) is 0 Å². The molecule has 1 aromatic heterocycles. The number of nitrogens with one attached hydrogen (secondary N) is 1. The van der Waals surface area contributed by atoms with Crippen LogP contribution in [0.2, 0.25) is 0 Å². The number of halogens is 1. The molecule has 94 valence electrons. The van der Waals surface area contributed by atoms with E-state index in [1.807, 2.05) is 44.2 Å². The van der Waals surface area contributed by atoms with Gasteiger partial charge in [-0.2, -0.15) is 0 Å². The van der Waals surface area contributed by atoms with E-state index >= 15 is 0 Å². The largest absolute Gasteiger partial charge is 0.321 e. The highest BCUT2D eigenvalue weighted by atomic mass is 79.9. The van der Waals surface area contributed by atoms with Gasteiger partial charge in [-0.05, 0) is 43.2 Å². The van der Waals surface area contributed by atoms with E-state index in [1.54, 1.807) is 0 Å². The Bertz CT molecular complexity index is 540. The molecule has 0 saturated heterocycles. The van der Waals surface area contributed by atoms with Gasteiger partial charge in [0.15, 0.2) is 0 Å². The maximum absolute atomic E-state index is 12.0. The van der Waals surface area contributed by atoms with Crippen LogP contribution in [-0.4, -0.2) is 5.91 Å². The lowest BCUT2D eigenvalue weighted by molar-refractivity contribution is 0.103. The Morgan fingerprint density at radius 1 is 1.28 bits per heavy atom. The minimum Gasteiger partial charge on any atom is -0.321 e. The molecule has 0 fully saturated rings. The molecule has 2 rings (SSSR count). The maximum atomic E-state index is 12.0. The molecule has 1 aromatic carbocycles. The van der Waals surface area contributed by atoms with Crippen LogP contribution in [0.25, 0.3) is 0 Å². The lowest BCUT2D eigenvalue weighted by Gasteiger charge is -2.04. The van der Waals surface area contributed by atoms with Crippen molar-refractivity contribution in [3.05, 3.63) is 51.2 Å². The number of carbonyl (C=O) groups is 1. The fraction of sp³-hybridized carbons (Fsp3) is 0.214. The predicted octanol–water partition coefficient (Wildman–Crippen LogP) is 4.51. The molecule has 0 atom stereocenters. The first kappa shape index (κ1) is 13.3. The fourth-order valence-electron chi connectivity index (χ4n) is 1.55. The minimum absolute atomic E-state index is 0.0391. The van der Waals surface area contributed by atoms with E-state index in [4.69, 9.17) is 0 Å². The van der Waals surface area contributed by atoms with Gasteiger partial charge < -0.3 is 5.32 Å². The molecule has 0 saturated carbocycles. The third-order valence-corrected chi connectivity index (χ3v) is 4.55. The van der Waals surface area contributed by atoms with Gasteiger partial charge in [-0.1, -0.05) is 28.1 Å². The van der Waals surface area contributed by atoms with E-state index in [1.165, 1.54) is 27.3 Å². The molecule has 0 spiro atoms. The molecule has 0 aliphatic heterocycles. The Labute approximate surface area is 119 Å². The second kappa shape index (κ2) is 5.67. The summed E-state index contributed by atoms with van der Waals surface area (Å²) in [5, 5.41) is 3.73. The molecule has 0 radical (unpaired) electrons. The average Bonchev–Trinajstić information content (AvgIpc) is 2.71. The van der Waals surface area contributed by atoms with E-state index in [0.717, 1.165) is 15.9 Å². The molecule has 1 N–H and O–H groups in total. The van der Waals surface area contributed by atoms with Crippen molar-refractivity contribution in [3.63, 3.8) is 0 Å². The van der Waals surface area contributed by atoms with Gasteiger partial charge in [0.1, 0.15) is 0 Å². The van der Waals surface area contributed by atoms with E-state index in [9.17, 15) is 4.79 Å². The van der Waals surface area contributed by atoms with Gasteiger partial charge in [0.05, 0.1) is 4.88 Å². The summed E-state index contributed by atoms with van der Waals surface area (Å²) in [4.78, 5) is 14.0. The van der Waals surface area contributed by atoms with Gasteiger partial charge in [-0.3, -0.25) is 4.79 Å². The highest BCUT2D eigenvalue weighted by Crippen LogP contribution is 2.22. The molecule has 0 bridgehead atoms. The van der Waals surface area contributed by atoms with Crippen LogP contribution in [0.15, 0.2) is 30.3 Å². The van der Waals surface area contributed by atoms with Crippen LogP contribution in [0, 0.1) is 13.8 Å². The summed E-state index contributed by atoms with van der Waals surface area (Å²) in [5.41, 5.74) is 3.18. The van der Waals surface area contributed by atoms with Gasteiger partial charge in [0.2, 0.25) is 0 Å². The van der Waals surface area contributed by atoms with Gasteiger partial charge in [0.25, 0.3) is 5.91 Å². The fourth-order valence-corrected chi connectivity index (χ4v) is 2.86. The molecule has 4 heteroatoms. The van der Waals surface area contributed by atoms with Crippen molar-refractivity contribution in [3.8, 4) is 0 Å². The molecule has 0 aliphatic rings. The number of benzene rings is 1. The SMILES string of the molecule is Cc1cc(C(=O)Nc2ccc(CBr)cc2)sc1C. The summed E-state index contributed by atoms with van der Waals surface area (Å²) in [5.74, 6) is -0.0391. The summed E-state index contributed by atoms with van der Waals surface area (Å²) < 4.78 is 0. The van der Waals surface area contributed by atoms with Crippen molar-refractivity contribution in [1.29, 1.82) is 0 Å². The minimum atomic E-state index is -0.0391. The monoisotopic (exact) mass is 323 g/mol. The Hall–Kier alpha value is -1.13. The first-order valence-electron chi connectivity index (χ1n) is 5.63. The second-order valence-electron chi connectivity index (χ2n) is 4.13. The quantitative estimate of drug-likeness (QED) is 0.827. The molecule has 2 aromatic rings. The van der Waals surface area contributed by atoms with Crippen molar-refractivity contribution in [2.75, 3.05) is 5.32 Å². The van der Waals surface area contributed by atoms with Crippen LogP contribution in [0.4, 0.5) is 5.69 Å². The summed E-state index contributed by atoms with van der Waals surface area (Å²) in [6.07, 6.45) is 0. The Balaban J connectivity index is 2.10. The smallest absolute Gasteiger partial charge is 0.265 e. The highest BCUT2D eigenvalue weighted by Gasteiger charge is 2.10. The molecular formula is C14H14BrNOS. The Morgan fingerprint density at radius 2 is 1.94 bits per heavy atom. The second-order valence-corrected chi connectivity index (χ2v) is 5.95. The Morgan fingerprint density at radius 3 is 2.44 bits per heavy atom. The molecule has 1 heterocycles. The summed E-state index contributed by atoms with van der Waals surface area (Å²) in [6.45, 7) is 4.05. The Kier molecular flexibility index (Phi) is 4.19. The lowest BCUT2D eigenvalue weighted by atomic mass is 10.2. The predicted molar refractivity (Wildman–Crippen MR) is 80.8 cm³/mol. The molecular weight excluding hydrogens is 310 g/mol. The number of rotatable bonds is 3. The number of anilines is 1. The van der Waals surface area contributed by atoms with Gasteiger partial charge in [0, 0.05) is 15.9 Å². The lowest BCUT2D eigenvalue weighted by Crippen LogP contribution is -2.09. The molecule has 1 amide bonds. The van der Waals surface area contributed by atoms with Gasteiger partial charge >= 0.3 is 0 Å². The number of alkyl halides is 1. The topological polar surface area (TPSA) is 29.1 Å². The van der Waals surface area contributed by atoms with Crippen molar-refractivity contribution < 1.29 is 4.79 Å². The summed E-state index contributed by atoms with van der Waals surface area (Å²) in [7, 11) is 0. The number of hydrogen-bond acceptors (Lipinski definition) is 2. The van der Waals surface area contributed by atoms with Gasteiger partial charge in [-0.15, -0.1) is 11.3 Å². The molecule has 0 unspecified atom stereocenters. The molecule has 2 nitrogen and oxygen atoms in total. The van der Waals surface area contributed by atoms with Crippen molar-refractivity contribution in [2.45, 2.75) is 19.2 Å². The van der Waals surface area contributed by atoms with Gasteiger partial charge in [-0.25, -0.2) is 0 Å². The van der Waals surface area contributed by atoms with Crippen LogP contribution < -0.4 is 5.32 Å². The number of carbonyl (C=O) groups excluding carboxylic acids is 1. The third-order valence-electron chi connectivity index (χ3n) is 2.76. The van der Waals surface area contributed by atoms with Crippen LogP contribution in [-0.2, 0) is 5.33 Å². The number of amides is 1. The molecule has 18 heavy (non-hydrogen) atoms. The van der Waals surface area contributed by atoms with Crippen molar-refractivity contribution in [1.82, 2.24) is 0 Å². The van der Waals surface area contributed by atoms with E-state index in [-0.39, 0.29) is 5.91 Å². The zero-order chi connectivity index (χ0) is 13.1. The first-order valence-corrected chi connectivity index (χ1v) is 7.57. The first-order chi connectivity index (χ1) is 8.60. The van der Waals surface area contributed by atoms with Crippen LogP contribution >= 0.6 is 27.3 Å². The van der Waals surface area contributed by atoms with Crippen molar-refractivity contribution in [2.24, 2.45) is 0 Å². The zero-order valence-electron chi connectivity index (χ0n) is 10.3. The number of hydrogen-bond donors (Lipinski definition) is 1. The number of aryl methyl sites for hydroxylation is 2. The van der Waals surface area contributed by atoms with Crippen LogP contribution in [0.3, 0.4) is 0 Å². The van der Waals surface area contributed by atoms with E-state index in [2.05, 4.69) is 21.2 Å². The number of thiophene rings is 1. The van der Waals surface area contributed by atoms with Crippen molar-refractivity contribution >= 4 is 38.9 Å². The normalized spacial score (nSPS) is 10.4. The highest BCUT2D eigenvalue weighted by molar-refractivity contribution is 9.08. The third kappa shape index (κ3) is 3.00. The van der Waals surface area contributed by atoms with Crippen LogP contribution in [0.1, 0.15) is 25.7 Å². The van der Waals surface area contributed by atoms with Crippen LogP contribution in [0.5, 0.6) is 0 Å². The summed E-state index contributed by atoms with van der Waals surface area (Å²) in [6, 6.07) is 9.76. The standard InChI is InChI=1S/C14H14BrNOS/c1-9-7-13(18-10(9)2)14(17)16-12-5-3-11(8-15)4-6-12/h3-7H,8H2,1-2H3,(H,16,17). The zero-order valence-corrected chi connectivity index (χ0v) is 12.7. The average molecular weight is 324 g/mol.